The molecule has 5 nitrogen and oxygen atoms in total. The van der Waals surface area contributed by atoms with Crippen LogP contribution < -0.4 is 10.1 Å². The highest BCUT2D eigenvalue weighted by atomic mass is 32.2. The molecule has 0 amide bonds. The lowest BCUT2D eigenvalue weighted by atomic mass is 9.88. The van der Waals surface area contributed by atoms with E-state index in [2.05, 4.69) is 55.6 Å². The number of benzene rings is 2. The van der Waals surface area contributed by atoms with Gasteiger partial charge in [0.15, 0.2) is 0 Å². The van der Waals surface area contributed by atoms with Gasteiger partial charge in [0.1, 0.15) is 5.75 Å². The van der Waals surface area contributed by atoms with Crippen molar-refractivity contribution in [3.63, 3.8) is 0 Å². The average Bonchev–Trinajstić information content (AvgIpc) is 2.93. The Hall–Kier alpha value is -1.54. The largest absolute Gasteiger partial charge is 0.494 e. The van der Waals surface area contributed by atoms with Crippen LogP contribution in [0.5, 0.6) is 5.75 Å². The molecule has 31 heavy (non-hydrogen) atoms. The predicted octanol–water partition coefficient (Wildman–Crippen LogP) is 5.47. The molecule has 2 aromatic rings. The van der Waals surface area contributed by atoms with E-state index < -0.39 is 10.1 Å². The van der Waals surface area contributed by atoms with Gasteiger partial charge in [-0.2, -0.15) is 8.42 Å². The summed E-state index contributed by atoms with van der Waals surface area (Å²) in [6, 6.07) is 16.8. The molecule has 3 rings (SSSR count). The Kier molecular flexibility index (Phi) is 8.44. The molecule has 1 aliphatic rings. The Balaban J connectivity index is 1.79. The van der Waals surface area contributed by atoms with Crippen LogP contribution in [0.1, 0.15) is 63.1 Å². The summed E-state index contributed by atoms with van der Waals surface area (Å²) >= 11 is 1.95. The molecule has 7 heteroatoms. The third kappa shape index (κ3) is 6.72. The van der Waals surface area contributed by atoms with Gasteiger partial charge in [0, 0.05) is 16.2 Å². The summed E-state index contributed by atoms with van der Waals surface area (Å²) in [7, 11) is -3.94. The number of unbranched alkanes of at least 4 members (excludes halogenated alkanes) is 1. The number of nitrogens with one attached hydrogen (secondary N) is 1. The summed E-state index contributed by atoms with van der Waals surface area (Å²) in [6.07, 6.45) is 4.90. The van der Waals surface area contributed by atoms with E-state index in [1.165, 1.54) is 28.9 Å². The molecule has 1 aliphatic heterocycles. The number of rotatable bonds is 10. The Morgan fingerprint density at radius 2 is 1.87 bits per heavy atom. The summed E-state index contributed by atoms with van der Waals surface area (Å²) in [4.78, 5) is 1.33. The van der Waals surface area contributed by atoms with Gasteiger partial charge in [-0.05, 0) is 48.6 Å². The Bertz CT molecular complexity index is 946. The molecule has 1 heterocycles. The molecule has 2 aromatic carbocycles. The van der Waals surface area contributed by atoms with Gasteiger partial charge < -0.3 is 4.74 Å². The van der Waals surface area contributed by atoms with Gasteiger partial charge in [-0.3, -0.25) is 9.87 Å². The van der Waals surface area contributed by atoms with E-state index in [0.717, 1.165) is 18.6 Å². The summed E-state index contributed by atoms with van der Waals surface area (Å²) in [5.41, 5.74) is 2.59. The van der Waals surface area contributed by atoms with Crippen LogP contribution in [0.3, 0.4) is 0 Å². The fourth-order valence-electron chi connectivity index (χ4n) is 3.98. The number of ether oxygens (including phenoxy) is 1. The maximum absolute atomic E-state index is 10.8. The normalized spacial score (nSPS) is 21.3. The van der Waals surface area contributed by atoms with Crippen molar-refractivity contribution in [1.82, 2.24) is 5.32 Å². The Labute approximate surface area is 190 Å². The van der Waals surface area contributed by atoms with Crippen molar-refractivity contribution in [2.75, 3.05) is 18.1 Å². The van der Waals surface area contributed by atoms with Crippen LogP contribution in [0.4, 0.5) is 0 Å². The Morgan fingerprint density at radius 1 is 1.13 bits per heavy atom. The predicted molar refractivity (Wildman–Crippen MR) is 128 cm³/mol. The second-order valence-electron chi connectivity index (χ2n) is 8.20. The van der Waals surface area contributed by atoms with Crippen LogP contribution in [-0.4, -0.2) is 36.6 Å². The smallest absolute Gasteiger partial charge is 0.264 e. The zero-order chi connectivity index (χ0) is 22.3. The van der Waals surface area contributed by atoms with E-state index >= 15 is 0 Å². The van der Waals surface area contributed by atoms with E-state index in [-0.39, 0.29) is 30.4 Å². The van der Waals surface area contributed by atoms with Gasteiger partial charge in [-0.25, -0.2) is 0 Å². The van der Waals surface area contributed by atoms with Crippen molar-refractivity contribution < 1.29 is 17.7 Å². The fourth-order valence-corrected chi connectivity index (χ4v) is 5.86. The van der Waals surface area contributed by atoms with E-state index in [0.29, 0.717) is 5.75 Å². The summed E-state index contributed by atoms with van der Waals surface area (Å²) in [5.74, 6) is 1.47. The average molecular weight is 464 g/mol. The molecule has 0 aliphatic carbocycles. The highest BCUT2D eigenvalue weighted by molar-refractivity contribution is 7.99. The molecule has 0 saturated carbocycles. The zero-order valence-corrected chi connectivity index (χ0v) is 20.0. The topological polar surface area (TPSA) is 75.6 Å². The van der Waals surface area contributed by atoms with E-state index in [4.69, 9.17) is 9.29 Å². The minimum atomic E-state index is -3.94. The van der Waals surface area contributed by atoms with Crippen LogP contribution >= 0.6 is 11.8 Å². The number of hydrogen-bond acceptors (Lipinski definition) is 5. The molecule has 2 atom stereocenters. The molecular weight excluding hydrogens is 430 g/mol. The number of thioether (sulfide) groups is 1. The molecule has 0 saturated heterocycles. The van der Waals surface area contributed by atoms with E-state index in [1.54, 1.807) is 0 Å². The maximum atomic E-state index is 10.8. The fraction of sp³-hybridized carbons (Fsp3) is 0.500. The lowest BCUT2D eigenvalue weighted by Crippen LogP contribution is -2.48. The molecule has 170 valence electrons. The van der Waals surface area contributed by atoms with Crippen molar-refractivity contribution in [3.05, 3.63) is 59.7 Å². The second kappa shape index (κ2) is 10.9. The highest BCUT2D eigenvalue weighted by Gasteiger charge is 2.35. The number of fused-ring (bicyclic) bond motifs is 1. The van der Waals surface area contributed by atoms with Gasteiger partial charge >= 0.3 is 0 Å². The molecule has 0 fully saturated rings. The van der Waals surface area contributed by atoms with Crippen molar-refractivity contribution in [3.8, 4) is 5.75 Å². The molecule has 0 radical (unpaired) electrons. The van der Waals surface area contributed by atoms with Gasteiger partial charge in [-0.15, -0.1) is 11.8 Å². The van der Waals surface area contributed by atoms with Crippen LogP contribution in [0.15, 0.2) is 53.4 Å². The quantitative estimate of drug-likeness (QED) is 0.360. The third-order valence-electron chi connectivity index (χ3n) is 5.90. The summed E-state index contributed by atoms with van der Waals surface area (Å²) < 4.78 is 36.1. The first-order valence-electron chi connectivity index (χ1n) is 11.0. The minimum absolute atomic E-state index is 0.0926. The molecule has 0 unspecified atom stereocenters. The maximum Gasteiger partial charge on any atom is 0.264 e. The molecule has 0 spiro atoms. The van der Waals surface area contributed by atoms with Crippen molar-refractivity contribution in [1.29, 1.82) is 0 Å². The first-order valence-corrected chi connectivity index (χ1v) is 13.6. The first kappa shape index (κ1) is 24.1. The minimum Gasteiger partial charge on any atom is -0.494 e. The molecular formula is C24H33NO4S2. The van der Waals surface area contributed by atoms with Crippen LogP contribution in [0.2, 0.25) is 0 Å². The first-order chi connectivity index (χ1) is 14.9. The molecule has 0 bridgehead atoms. The van der Waals surface area contributed by atoms with E-state index in [9.17, 15) is 8.42 Å². The summed E-state index contributed by atoms with van der Waals surface area (Å²) in [6.45, 7) is 4.77. The van der Waals surface area contributed by atoms with Crippen LogP contribution in [0.25, 0.3) is 0 Å². The monoisotopic (exact) mass is 463 g/mol. The lowest BCUT2D eigenvalue weighted by Gasteiger charge is -2.36. The standard InChI is InChI=1S/C24H33NO4S2/c1-3-5-15-24(4-2)18-30-22-10-7-6-9-21(22)23(25-24)19-11-13-20(14-12-19)29-16-8-17-31(26,27)28/h6-7,9-14,23,25H,3-5,8,15-18H2,1-2H3,(H,26,27,28)/t23-,24+/m0/s1. The zero-order valence-electron chi connectivity index (χ0n) is 18.3. The van der Waals surface area contributed by atoms with Crippen LogP contribution in [0, 0.1) is 0 Å². The van der Waals surface area contributed by atoms with Gasteiger partial charge in [-0.1, -0.05) is 57.0 Å². The highest BCUT2D eigenvalue weighted by Crippen LogP contribution is 2.40. The Morgan fingerprint density at radius 3 is 2.55 bits per heavy atom. The molecule has 2 N–H and O–H groups in total. The summed E-state index contributed by atoms with van der Waals surface area (Å²) in [5, 5.41) is 4.02. The molecule has 0 aromatic heterocycles. The van der Waals surface area contributed by atoms with Crippen molar-refractivity contribution in [2.45, 2.75) is 62.4 Å². The van der Waals surface area contributed by atoms with Gasteiger partial charge in [0.2, 0.25) is 0 Å². The second-order valence-corrected chi connectivity index (χ2v) is 10.8. The van der Waals surface area contributed by atoms with Crippen LogP contribution in [-0.2, 0) is 10.1 Å². The van der Waals surface area contributed by atoms with E-state index in [1.807, 2.05) is 23.9 Å². The number of hydrogen-bond donors (Lipinski definition) is 2. The lowest BCUT2D eigenvalue weighted by molar-refractivity contribution is 0.297. The van der Waals surface area contributed by atoms with Gasteiger partial charge in [0.05, 0.1) is 18.4 Å². The van der Waals surface area contributed by atoms with Gasteiger partial charge in [0.25, 0.3) is 10.1 Å². The SMILES string of the molecule is CCCC[C@]1(CC)CSc2ccccc2[C@H](c2ccc(OCCCS(=O)(=O)O)cc2)N1. The van der Waals surface area contributed by atoms with Crippen molar-refractivity contribution >= 4 is 21.9 Å². The third-order valence-corrected chi connectivity index (χ3v) is 8.08. The van der Waals surface area contributed by atoms with Crippen molar-refractivity contribution in [2.24, 2.45) is 0 Å².